The maximum absolute atomic E-state index is 13.4. The first-order valence-electron chi connectivity index (χ1n) is 9.56. The number of rotatable bonds is 5. The molecule has 2 amide bonds. The zero-order valence-electron chi connectivity index (χ0n) is 16.0. The second kappa shape index (κ2) is 9.35. The zero-order valence-corrected chi connectivity index (χ0v) is 17.5. The molecule has 0 atom stereocenters. The Bertz CT molecular complexity index is 932. The van der Waals surface area contributed by atoms with Crippen molar-refractivity contribution < 1.29 is 9.59 Å². The number of anilines is 1. The van der Waals surface area contributed by atoms with Crippen LogP contribution in [0.4, 0.5) is 5.69 Å². The lowest BCUT2D eigenvalue weighted by Gasteiger charge is -2.44. The van der Waals surface area contributed by atoms with Crippen LogP contribution in [0.1, 0.15) is 37.7 Å². The van der Waals surface area contributed by atoms with E-state index < -0.39 is 11.4 Å². The summed E-state index contributed by atoms with van der Waals surface area (Å²) in [5.41, 5.74) is 0.392. The van der Waals surface area contributed by atoms with E-state index >= 15 is 0 Å². The summed E-state index contributed by atoms with van der Waals surface area (Å²) in [7, 11) is 0. The molecule has 1 fully saturated rings. The van der Waals surface area contributed by atoms with Gasteiger partial charge in [-0.25, -0.2) is 0 Å². The van der Waals surface area contributed by atoms with Crippen molar-refractivity contribution in [3.05, 3.63) is 64.1 Å². The molecular weight excluding hydrogens is 407 g/mol. The van der Waals surface area contributed by atoms with Gasteiger partial charge in [-0.3, -0.25) is 14.5 Å². The fraction of sp³-hybridized carbons (Fsp3) is 0.304. The summed E-state index contributed by atoms with van der Waals surface area (Å²) in [4.78, 5) is 27.7. The fourth-order valence-corrected chi connectivity index (χ4v) is 4.17. The normalized spacial score (nSPS) is 15.2. The lowest BCUT2D eigenvalue weighted by molar-refractivity contribution is -0.130. The molecule has 0 saturated heterocycles. The first-order chi connectivity index (χ1) is 14.0. The standard InChI is InChI=1S/C23H22Cl2N2O2/c1-2-21(28)27(18-11-12-19(24)20(25)15-18)23(13-7-4-8-14-23)22(29)26-16-17-9-5-3-6-10-17/h1,3,5-6,9-12,15H,4,7-8,13-14,16H2,(H,26,29). The molecule has 1 aliphatic carbocycles. The second-order valence-corrected chi connectivity index (χ2v) is 7.96. The van der Waals surface area contributed by atoms with Gasteiger partial charge in [0.05, 0.1) is 10.0 Å². The van der Waals surface area contributed by atoms with Crippen LogP contribution in [0.5, 0.6) is 0 Å². The third kappa shape index (κ3) is 4.58. The van der Waals surface area contributed by atoms with Gasteiger partial charge in [0.2, 0.25) is 5.91 Å². The smallest absolute Gasteiger partial charge is 0.303 e. The minimum Gasteiger partial charge on any atom is -0.350 e. The van der Waals surface area contributed by atoms with E-state index in [1.54, 1.807) is 18.2 Å². The average Bonchev–Trinajstić information content (AvgIpc) is 2.75. The number of hydrogen-bond acceptors (Lipinski definition) is 2. The van der Waals surface area contributed by atoms with E-state index in [2.05, 4.69) is 11.2 Å². The molecule has 1 N–H and O–H groups in total. The molecule has 0 unspecified atom stereocenters. The Morgan fingerprint density at radius 2 is 1.72 bits per heavy atom. The van der Waals surface area contributed by atoms with Crippen LogP contribution >= 0.6 is 23.2 Å². The molecule has 0 bridgehead atoms. The summed E-state index contributed by atoms with van der Waals surface area (Å²) in [6, 6.07) is 14.5. The molecule has 2 aromatic rings. The number of terminal acetylenes is 1. The Balaban J connectivity index is 1.98. The summed E-state index contributed by atoms with van der Waals surface area (Å²) in [6.45, 7) is 0.376. The van der Waals surface area contributed by atoms with Crippen LogP contribution in [0.25, 0.3) is 0 Å². The summed E-state index contributed by atoms with van der Waals surface area (Å²) < 4.78 is 0. The first kappa shape index (κ1) is 21.2. The van der Waals surface area contributed by atoms with Crippen molar-refractivity contribution >= 4 is 40.7 Å². The van der Waals surface area contributed by atoms with Gasteiger partial charge in [-0.15, -0.1) is 6.42 Å². The van der Waals surface area contributed by atoms with Gasteiger partial charge < -0.3 is 5.32 Å². The number of hydrogen-bond donors (Lipinski definition) is 1. The molecule has 0 aliphatic heterocycles. The Morgan fingerprint density at radius 3 is 2.34 bits per heavy atom. The second-order valence-electron chi connectivity index (χ2n) is 7.14. The van der Waals surface area contributed by atoms with E-state index in [0.717, 1.165) is 24.8 Å². The van der Waals surface area contributed by atoms with Gasteiger partial charge in [0.15, 0.2) is 0 Å². The Hall–Kier alpha value is -2.48. The molecule has 0 aromatic heterocycles. The van der Waals surface area contributed by atoms with E-state index in [1.165, 1.54) is 4.90 Å². The van der Waals surface area contributed by atoms with E-state index in [4.69, 9.17) is 29.6 Å². The average molecular weight is 429 g/mol. The topological polar surface area (TPSA) is 49.4 Å². The third-order valence-corrected chi connectivity index (χ3v) is 6.05. The number of amides is 2. The van der Waals surface area contributed by atoms with E-state index in [9.17, 15) is 9.59 Å². The molecule has 3 rings (SSSR count). The highest BCUT2D eigenvalue weighted by Gasteiger charge is 2.47. The van der Waals surface area contributed by atoms with Gasteiger partial charge in [-0.1, -0.05) is 72.8 Å². The zero-order chi connectivity index (χ0) is 20.9. The van der Waals surface area contributed by atoms with Crippen molar-refractivity contribution in [1.29, 1.82) is 0 Å². The molecule has 0 heterocycles. The minimum absolute atomic E-state index is 0.212. The molecule has 1 saturated carbocycles. The van der Waals surface area contributed by atoms with Crippen molar-refractivity contribution in [2.75, 3.05) is 4.90 Å². The first-order valence-corrected chi connectivity index (χ1v) is 10.3. The lowest BCUT2D eigenvalue weighted by atomic mass is 9.78. The number of carbonyl (C=O) groups excluding carboxylic acids is 2. The lowest BCUT2D eigenvalue weighted by Crippen LogP contribution is -2.61. The molecule has 29 heavy (non-hydrogen) atoms. The monoisotopic (exact) mass is 428 g/mol. The summed E-state index contributed by atoms with van der Waals surface area (Å²) >= 11 is 12.2. The highest BCUT2D eigenvalue weighted by atomic mass is 35.5. The van der Waals surface area contributed by atoms with Gasteiger partial charge >= 0.3 is 5.91 Å². The number of nitrogens with zero attached hydrogens (tertiary/aromatic N) is 1. The van der Waals surface area contributed by atoms with Crippen molar-refractivity contribution in [2.24, 2.45) is 0 Å². The third-order valence-electron chi connectivity index (χ3n) is 5.32. The highest BCUT2D eigenvalue weighted by molar-refractivity contribution is 6.42. The molecule has 2 aromatic carbocycles. The predicted molar refractivity (Wildman–Crippen MR) is 117 cm³/mol. The number of nitrogens with one attached hydrogen (secondary N) is 1. The highest BCUT2D eigenvalue weighted by Crippen LogP contribution is 2.39. The molecule has 150 valence electrons. The number of halogens is 2. The molecule has 0 spiro atoms. The molecule has 1 aliphatic rings. The maximum atomic E-state index is 13.4. The molecule has 4 nitrogen and oxygen atoms in total. The van der Waals surface area contributed by atoms with Gasteiger partial charge in [-0.2, -0.15) is 0 Å². The summed E-state index contributed by atoms with van der Waals surface area (Å²) in [5, 5.41) is 3.67. The molecule has 0 radical (unpaired) electrons. The van der Waals surface area contributed by atoms with Crippen molar-refractivity contribution in [3.8, 4) is 12.3 Å². The summed E-state index contributed by atoms with van der Waals surface area (Å²) in [6.07, 6.45) is 9.20. The van der Waals surface area contributed by atoms with Crippen LogP contribution in [0.2, 0.25) is 10.0 Å². The van der Waals surface area contributed by atoms with Crippen LogP contribution in [-0.4, -0.2) is 17.4 Å². The van der Waals surface area contributed by atoms with Crippen molar-refractivity contribution in [1.82, 2.24) is 5.32 Å². The van der Waals surface area contributed by atoms with Crippen LogP contribution in [0.15, 0.2) is 48.5 Å². The number of benzene rings is 2. The molecular formula is C23H22Cl2N2O2. The quantitative estimate of drug-likeness (QED) is 0.682. The minimum atomic E-state index is -1.06. The number of carbonyl (C=O) groups is 2. The van der Waals surface area contributed by atoms with Crippen molar-refractivity contribution in [3.63, 3.8) is 0 Å². The van der Waals surface area contributed by atoms with E-state index in [-0.39, 0.29) is 5.91 Å². The van der Waals surface area contributed by atoms with Crippen LogP contribution in [0, 0.1) is 12.3 Å². The van der Waals surface area contributed by atoms with Gasteiger partial charge in [0.25, 0.3) is 0 Å². The van der Waals surface area contributed by atoms with Gasteiger partial charge in [0.1, 0.15) is 5.54 Å². The Morgan fingerprint density at radius 1 is 1.03 bits per heavy atom. The van der Waals surface area contributed by atoms with E-state index in [1.807, 2.05) is 30.3 Å². The molecule has 6 heteroatoms. The Kier molecular flexibility index (Phi) is 6.84. The summed E-state index contributed by atoms with van der Waals surface area (Å²) in [5.74, 6) is 1.40. The van der Waals surface area contributed by atoms with Crippen LogP contribution < -0.4 is 10.2 Å². The van der Waals surface area contributed by atoms with Crippen LogP contribution in [0.3, 0.4) is 0 Å². The maximum Gasteiger partial charge on any atom is 0.303 e. The predicted octanol–water partition coefficient (Wildman–Crippen LogP) is 4.98. The fourth-order valence-electron chi connectivity index (χ4n) is 3.88. The van der Waals surface area contributed by atoms with Gasteiger partial charge in [-0.05, 0) is 42.5 Å². The Labute approximate surface area is 181 Å². The van der Waals surface area contributed by atoms with Gasteiger partial charge in [0, 0.05) is 12.2 Å². The van der Waals surface area contributed by atoms with Crippen molar-refractivity contribution in [2.45, 2.75) is 44.2 Å². The SMILES string of the molecule is C#CC(=O)N(c1ccc(Cl)c(Cl)c1)C1(C(=O)NCc2ccccc2)CCCCC1. The largest absolute Gasteiger partial charge is 0.350 e. The van der Waals surface area contributed by atoms with E-state index in [0.29, 0.717) is 35.1 Å². The van der Waals surface area contributed by atoms with Crippen LogP contribution in [-0.2, 0) is 16.1 Å².